The number of aryl methyl sites for hydroxylation is 1. The Labute approximate surface area is 120 Å². The molecule has 1 heterocycles. The van der Waals surface area contributed by atoms with Gasteiger partial charge in [0.2, 0.25) is 5.91 Å². The average Bonchev–Trinajstić information content (AvgIpc) is 2.89. The Morgan fingerprint density at radius 2 is 2.15 bits per heavy atom. The van der Waals surface area contributed by atoms with E-state index in [4.69, 9.17) is 16.7 Å². The van der Waals surface area contributed by atoms with Crippen molar-refractivity contribution in [3.8, 4) is 0 Å². The average molecular weight is 294 g/mol. The van der Waals surface area contributed by atoms with Crippen molar-refractivity contribution < 1.29 is 14.7 Å². The van der Waals surface area contributed by atoms with Crippen LogP contribution in [0.15, 0.2) is 36.7 Å². The summed E-state index contributed by atoms with van der Waals surface area (Å²) in [5, 5.41) is 15.7. The molecule has 0 radical (unpaired) electrons. The van der Waals surface area contributed by atoms with Crippen LogP contribution in [0.2, 0.25) is 5.02 Å². The number of carboxylic acids is 1. The van der Waals surface area contributed by atoms with Gasteiger partial charge in [0.05, 0.1) is 10.7 Å². The molecule has 0 aliphatic rings. The molecule has 104 valence electrons. The Balaban J connectivity index is 2.04. The minimum absolute atomic E-state index is 0.0855. The van der Waals surface area contributed by atoms with Gasteiger partial charge >= 0.3 is 5.97 Å². The second kappa shape index (κ2) is 6.21. The normalized spacial score (nSPS) is 10.2. The number of aromatic carboxylic acids is 1. The number of aromatic nitrogens is 2. The summed E-state index contributed by atoms with van der Waals surface area (Å²) >= 11 is 5.82. The van der Waals surface area contributed by atoms with E-state index in [-0.39, 0.29) is 28.6 Å². The zero-order valence-corrected chi connectivity index (χ0v) is 11.2. The molecule has 0 aliphatic carbocycles. The molecule has 0 saturated carbocycles. The molecule has 20 heavy (non-hydrogen) atoms. The summed E-state index contributed by atoms with van der Waals surface area (Å²) in [5.41, 5.74) is 0.0806. The Hall–Kier alpha value is -2.34. The van der Waals surface area contributed by atoms with Crippen LogP contribution in [-0.4, -0.2) is 26.8 Å². The zero-order valence-electron chi connectivity index (χ0n) is 10.4. The fraction of sp³-hybridized carbons (Fsp3) is 0.154. The molecule has 0 saturated heterocycles. The van der Waals surface area contributed by atoms with Crippen LogP contribution in [0.3, 0.4) is 0 Å². The molecule has 0 aliphatic heterocycles. The number of amides is 1. The van der Waals surface area contributed by atoms with E-state index in [0.717, 1.165) is 0 Å². The van der Waals surface area contributed by atoms with Gasteiger partial charge in [-0.3, -0.25) is 9.48 Å². The van der Waals surface area contributed by atoms with Gasteiger partial charge in [0.15, 0.2) is 0 Å². The highest BCUT2D eigenvalue weighted by Crippen LogP contribution is 2.24. The molecule has 0 bridgehead atoms. The number of carbonyl (C=O) groups is 2. The maximum Gasteiger partial charge on any atom is 0.339 e. The third-order valence-electron chi connectivity index (χ3n) is 2.63. The third kappa shape index (κ3) is 3.36. The number of benzene rings is 1. The minimum atomic E-state index is -1.18. The van der Waals surface area contributed by atoms with Gasteiger partial charge in [0, 0.05) is 25.4 Å². The standard InChI is InChI=1S/C13H12ClN3O3/c14-9-3-1-4-10(12(9)13(19)20)16-11(18)5-8-17-7-2-6-15-17/h1-4,6-7H,5,8H2,(H,16,18)(H,19,20). The quantitative estimate of drug-likeness (QED) is 0.885. The summed E-state index contributed by atoms with van der Waals surface area (Å²) in [6, 6.07) is 6.31. The van der Waals surface area contributed by atoms with Crippen molar-refractivity contribution in [2.24, 2.45) is 0 Å². The smallest absolute Gasteiger partial charge is 0.339 e. The maximum absolute atomic E-state index is 11.8. The predicted octanol–water partition coefficient (Wildman–Crippen LogP) is 2.26. The van der Waals surface area contributed by atoms with Crippen LogP contribution in [0.25, 0.3) is 0 Å². The van der Waals surface area contributed by atoms with Crippen LogP contribution in [-0.2, 0) is 11.3 Å². The Morgan fingerprint density at radius 1 is 1.35 bits per heavy atom. The molecule has 2 rings (SSSR count). The summed E-state index contributed by atoms with van der Waals surface area (Å²) in [6.45, 7) is 0.418. The molecular formula is C13H12ClN3O3. The highest BCUT2D eigenvalue weighted by molar-refractivity contribution is 6.34. The number of nitrogens with one attached hydrogen (secondary N) is 1. The van der Waals surface area contributed by atoms with E-state index in [1.807, 2.05) is 0 Å². The van der Waals surface area contributed by atoms with Crippen molar-refractivity contribution in [2.45, 2.75) is 13.0 Å². The molecule has 1 aromatic heterocycles. The molecule has 0 atom stereocenters. The molecule has 0 unspecified atom stereocenters. The molecule has 2 aromatic rings. The van der Waals surface area contributed by atoms with E-state index < -0.39 is 5.97 Å². The molecule has 6 nitrogen and oxygen atoms in total. The largest absolute Gasteiger partial charge is 0.478 e. The number of hydrogen-bond donors (Lipinski definition) is 2. The lowest BCUT2D eigenvalue weighted by Crippen LogP contribution is -2.17. The van der Waals surface area contributed by atoms with Crippen molar-refractivity contribution in [1.29, 1.82) is 0 Å². The van der Waals surface area contributed by atoms with Crippen LogP contribution >= 0.6 is 11.6 Å². The Morgan fingerprint density at radius 3 is 2.80 bits per heavy atom. The predicted molar refractivity (Wildman–Crippen MR) is 73.9 cm³/mol. The summed E-state index contributed by atoms with van der Waals surface area (Å²) < 4.78 is 1.62. The second-order valence-corrected chi connectivity index (χ2v) is 4.44. The number of hydrogen-bond acceptors (Lipinski definition) is 3. The molecule has 7 heteroatoms. The first kappa shape index (κ1) is 14.1. The van der Waals surface area contributed by atoms with Gasteiger partial charge < -0.3 is 10.4 Å². The van der Waals surface area contributed by atoms with E-state index in [9.17, 15) is 9.59 Å². The minimum Gasteiger partial charge on any atom is -0.478 e. The van der Waals surface area contributed by atoms with Gasteiger partial charge in [-0.1, -0.05) is 17.7 Å². The summed E-state index contributed by atoms with van der Waals surface area (Å²) in [5.74, 6) is -1.48. The summed E-state index contributed by atoms with van der Waals surface area (Å²) in [7, 11) is 0. The van der Waals surface area contributed by atoms with Gasteiger partial charge in [0.25, 0.3) is 0 Å². The van der Waals surface area contributed by atoms with E-state index in [1.54, 1.807) is 29.2 Å². The van der Waals surface area contributed by atoms with Gasteiger partial charge in [-0.25, -0.2) is 4.79 Å². The third-order valence-corrected chi connectivity index (χ3v) is 2.94. The summed E-state index contributed by atoms with van der Waals surface area (Å²) in [6.07, 6.45) is 3.56. The molecule has 2 N–H and O–H groups in total. The van der Waals surface area contributed by atoms with Gasteiger partial charge in [0.1, 0.15) is 5.56 Å². The highest BCUT2D eigenvalue weighted by atomic mass is 35.5. The van der Waals surface area contributed by atoms with Crippen LogP contribution < -0.4 is 5.32 Å². The number of carboxylic acid groups (broad SMARTS) is 1. The fourth-order valence-electron chi connectivity index (χ4n) is 1.71. The molecule has 1 amide bonds. The van der Waals surface area contributed by atoms with Crippen LogP contribution in [0.4, 0.5) is 5.69 Å². The lowest BCUT2D eigenvalue weighted by atomic mass is 10.1. The van der Waals surface area contributed by atoms with Crippen molar-refractivity contribution >= 4 is 29.2 Å². The first-order chi connectivity index (χ1) is 9.58. The van der Waals surface area contributed by atoms with Crippen molar-refractivity contribution in [3.63, 3.8) is 0 Å². The van der Waals surface area contributed by atoms with Crippen LogP contribution in [0.5, 0.6) is 0 Å². The van der Waals surface area contributed by atoms with Gasteiger partial charge in [-0.05, 0) is 18.2 Å². The van der Waals surface area contributed by atoms with Crippen LogP contribution in [0.1, 0.15) is 16.8 Å². The van der Waals surface area contributed by atoms with E-state index >= 15 is 0 Å². The first-order valence-corrected chi connectivity index (χ1v) is 6.25. The SMILES string of the molecule is O=C(CCn1cccn1)Nc1cccc(Cl)c1C(=O)O. The first-order valence-electron chi connectivity index (χ1n) is 5.87. The lowest BCUT2D eigenvalue weighted by molar-refractivity contribution is -0.116. The number of carbonyl (C=O) groups excluding carboxylic acids is 1. The zero-order chi connectivity index (χ0) is 14.5. The summed E-state index contributed by atoms with van der Waals surface area (Å²) in [4.78, 5) is 22.9. The van der Waals surface area contributed by atoms with E-state index in [1.165, 1.54) is 12.1 Å². The number of anilines is 1. The van der Waals surface area contributed by atoms with Crippen molar-refractivity contribution in [2.75, 3.05) is 5.32 Å². The monoisotopic (exact) mass is 293 g/mol. The number of rotatable bonds is 5. The van der Waals surface area contributed by atoms with Crippen molar-refractivity contribution in [1.82, 2.24) is 9.78 Å². The number of nitrogens with zero attached hydrogens (tertiary/aromatic N) is 2. The second-order valence-electron chi connectivity index (χ2n) is 4.03. The Kier molecular flexibility index (Phi) is 4.37. The van der Waals surface area contributed by atoms with E-state index in [0.29, 0.717) is 6.54 Å². The van der Waals surface area contributed by atoms with E-state index in [2.05, 4.69) is 10.4 Å². The van der Waals surface area contributed by atoms with Crippen LogP contribution in [0, 0.1) is 0 Å². The highest BCUT2D eigenvalue weighted by Gasteiger charge is 2.15. The fourth-order valence-corrected chi connectivity index (χ4v) is 1.96. The lowest BCUT2D eigenvalue weighted by Gasteiger charge is -2.09. The maximum atomic E-state index is 11.8. The van der Waals surface area contributed by atoms with Gasteiger partial charge in [-0.15, -0.1) is 0 Å². The number of halogens is 1. The molecular weight excluding hydrogens is 282 g/mol. The van der Waals surface area contributed by atoms with Gasteiger partial charge in [-0.2, -0.15) is 5.10 Å². The van der Waals surface area contributed by atoms with Crippen molar-refractivity contribution in [3.05, 3.63) is 47.2 Å². The Bertz CT molecular complexity index is 626. The molecule has 0 spiro atoms. The molecule has 0 fully saturated rings. The topological polar surface area (TPSA) is 84.2 Å². The molecule has 1 aromatic carbocycles.